The molecule has 1 amide bonds. The molecule has 0 bridgehead atoms. The van der Waals surface area contributed by atoms with E-state index in [0.717, 1.165) is 16.8 Å². The molecule has 2 atom stereocenters. The molecule has 0 radical (unpaired) electrons. The van der Waals surface area contributed by atoms with Gasteiger partial charge < -0.3 is 0 Å². The van der Waals surface area contributed by atoms with Crippen LogP contribution >= 0.6 is 27.0 Å². The predicted octanol–water partition coefficient (Wildman–Crippen LogP) is 5.81. The number of hydrogen-bond donors (Lipinski definition) is 0. The molecule has 0 unspecified atom stereocenters. The number of aromatic nitrogens is 2. The van der Waals surface area contributed by atoms with Crippen molar-refractivity contribution in [3.8, 4) is 5.69 Å². The number of anilines is 1. The highest BCUT2D eigenvalue weighted by molar-refractivity contribution is 7.59. The van der Waals surface area contributed by atoms with Crippen molar-refractivity contribution in [2.45, 2.75) is 33.1 Å². The Bertz CT molecular complexity index is 1540. The Hall–Kier alpha value is -3.69. The summed E-state index contributed by atoms with van der Waals surface area (Å²) in [7, 11) is 0. The van der Waals surface area contributed by atoms with Gasteiger partial charge in [0.2, 0.25) is 5.91 Å². The highest BCUT2D eigenvalue weighted by atomic mass is 32.1. The van der Waals surface area contributed by atoms with E-state index in [4.69, 9.17) is 5.10 Å². The number of Topliss-reactive ketones (excluding diaryl/α,β-unsaturated/α-hetero) is 2. The van der Waals surface area contributed by atoms with Crippen molar-refractivity contribution in [3.05, 3.63) is 113 Å². The van der Waals surface area contributed by atoms with Gasteiger partial charge in [-0.25, -0.2) is 9.07 Å². The van der Waals surface area contributed by atoms with Gasteiger partial charge in [-0.3, -0.25) is 19.3 Å². The molecule has 208 valence electrons. The minimum absolute atomic E-state index is 0. The lowest BCUT2D eigenvalue weighted by molar-refractivity contribution is -0.125. The Labute approximate surface area is 247 Å². The first-order valence-electron chi connectivity index (χ1n) is 12.6. The van der Waals surface area contributed by atoms with Crippen molar-refractivity contribution in [3.63, 3.8) is 0 Å². The molecule has 0 aliphatic carbocycles. The van der Waals surface area contributed by atoms with Crippen LogP contribution in [0.25, 0.3) is 5.69 Å². The summed E-state index contributed by atoms with van der Waals surface area (Å²) in [6.45, 7) is 5.05. The molecule has 3 aromatic carbocycles. The van der Waals surface area contributed by atoms with Gasteiger partial charge >= 0.3 is 0 Å². The van der Waals surface area contributed by atoms with Crippen molar-refractivity contribution in [1.29, 1.82) is 0 Å². The number of hydrogen-bond acceptors (Lipinski definition) is 4. The summed E-state index contributed by atoms with van der Waals surface area (Å²) in [5.41, 5.74) is 4.35. The summed E-state index contributed by atoms with van der Waals surface area (Å²) in [6, 6.07) is 22.7. The van der Waals surface area contributed by atoms with Gasteiger partial charge in [-0.2, -0.15) is 32.1 Å². The maximum absolute atomic E-state index is 14.2. The Kier molecular flexibility index (Phi) is 9.76. The number of aryl methyl sites for hydroxylation is 2. The molecular weight excluding hydrogens is 545 g/mol. The van der Waals surface area contributed by atoms with E-state index in [1.54, 1.807) is 28.9 Å². The van der Waals surface area contributed by atoms with E-state index < -0.39 is 17.7 Å². The van der Waals surface area contributed by atoms with Crippen LogP contribution in [0.4, 0.5) is 10.2 Å². The zero-order valence-corrected chi connectivity index (χ0v) is 24.5. The van der Waals surface area contributed by atoms with Gasteiger partial charge in [-0.05, 0) is 56.7 Å². The molecule has 5 rings (SSSR count). The summed E-state index contributed by atoms with van der Waals surface area (Å²) >= 11 is 0. The van der Waals surface area contributed by atoms with E-state index in [2.05, 4.69) is 0 Å². The van der Waals surface area contributed by atoms with E-state index in [1.807, 2.05) is 56.3 Å². The molecule has 1 aliphatic heterocycles. The average molecular weight is 578 g/mol. The van der Waals surface area contributed by atoms with Crippen LogP contribution in [0.1, 0.15) is 52.0 Å². The highest BCUT2D eigenvalue weighted by Gasteiger charge is 2.46. The Morgan fingerprint density at radius 2 is 1.60 bits per heavy atom. The molecule has 0 fully saturated rings. The number of carbonyl (C=O) groups excluding carboxylic acids is 3. The van der Waals surface area contributed by atoms with Crippen LogP contribution in [0.2, 0.25) is 0 Å². The number of nitrogens with zero attached hydrogens (tertiary/aromatic N) is 3. The third-order valence-corrected chi connectivity index (χ3v) is 6.99. The first-order valence-corrected chi connectivity index (χ1v) is 12.6. The Morgan fingerprint density at radius 3 is 2.23 bits per heavy atom. The maximum atomic E-state index is 14.2. The monoisotopic (exact) mass is 577 g/mol. The van der Waals surface area contributed by atoms with E-state index in [1.165, 1.54) is 24.0 Å². The Morgan fingerprint density at radius 1 is 0.925 bits per heavy atom. The smallest absolute Gasteiger partial charge is 0.233 e. The molecule has 40 heavy (non-hydrogen) atoms. The normalized spacial score (nSPS) is 16.0. The zero-order valence-electron chi connectivity index (χ0n) is 22.5. The first kappa shape index (κ1) is 30.8. The summed E-state index contributed by atoms with van der Waals surface area (Å²) in [5.74, 6) is -1.92. The molecule has 2 heterocycles. The zero-order chi connectivity index (χ0) is 27.0. The largest absolute Gasteiger partial charge is 0.298 e. The van der Waals surface area contributed by atoms with Crippen LogP contribution in [0, 0.1) is 25.6 Å². The molecule has 0 saturated heterocycles. The quantitative estimate of drug-likeness (QED) is 0.260. The molecular formula is C31H32FN3O3S2. The number of benzene rings is 3. The van der Waals surface area contributed by atoms with E-state index in [0.29, 0.717) is 22.6 Å². The van der Waals surface area contributed by atoms with E-state index >= 15 is 0 Å². The molecule has 0 spiro atoms. The van der Waals surface area contributed by atoms with E-state index in [9.17, 15) is 18.8 Å². The van der Waals surface area contributed by atoms with Crippen LogP contribution < -0.4 is 4.90 Å². The molecule has 0 N–H and O–H groups in total. The number of para-hydroxylation sites is 1. The molecule has 0 saturated carbocycles. The predicted molar refractivity (Wildman–Crippen MR) is 164 cm³/mol. The first-order chi connectivity index (χ1) is 18.2. The molecule has 6 nitrogen and oxygen atoms in total. The van der Waals surface area contributed by atoms with Crippen LogP contribution in [-0.2, 0) is 9.59 Å². The van der Waals surface area contributed by atoms with Crippen molar-refractivity contribution >= 4 is 50.3 Å². The van der Waals surface area contributed by atoms with Gasteiger partial charge in [-0.15, -0.1) is 0 Å². The topological polar surface area (TPSA) is 72.3 Å². The van der Waals surface area contributed by atoms with Crippen molar-refractivity contribution in [1.82, 2.24) is 9.78 Å². The van der Waals surface area contributed by atoms with Gasteiger partial charge in [0.15, 0.2) is 5.78 Å². The lowest BCUT2D eigenvalue weighted by Crippen LogP contribution is -2.47. The molecule has 1 aromatic heterocycles. The van der Waals surface area contributed by atoms with Crippen molar-refractivity contribution < 1.29 is 18.8 Å². The van der Waals surface area contributed by atoms with Crippen LogP contribution in [0.15, 0.2) is 78.9 Å². The second-order valence-electron chi connectivity index (χ2n) is 9.83. The summed E-state index contributed by atoms with van der Waals surface area (Å²) in [6.07, 6.45) is -0.0614. The maximum Gasteiger partial charge on any atom is 0.233 e. The minimum atomic E-state index is -0.799. The van der Waals surface area contributed by atoms with Gasteiger partial charge in [0.25, 0.3) is 0 Å². The third kappa shape index (κ3) is 5.90. The molecule has 1 aliphatic rings. The summed E-state index contributed by atoms with van der Waals surface area (Å²) in [5, 5.41) is 4.78. The fraction of sp³-hybridized carbons (Fsp3) is 0.226. The third-order valence-electron chi connectivity index (χ3n) is 6.99. The fourth-order valence-electron chi connectivity index (χ4n) is 5.33. The van der Waals surface area contributed by atoms with Gasteiger partial charge in [-0.1, -0.05) is 54.1 Å². The minimum Gasteiger partial charge on any atom is -0.298 e. The van der Waals surface area contributed by atoms with Gasteiger partial charge in [0.05, 0.1) is 23.8 Å². The number of fused-ring (bicyclic) bond motifs is 1. The highest BCUT2D eigenvalue weighted by Crippen LogP contribution is 2.47. The lowest BCUT2D eigenvalue weighted by Gasteiger charge is -2.38. The lowest BCUT2D eigenvalue weighted by atomic mass is 9.74. The van der Waals surface area contributed by atoms with Crippen molar-refractivity contribution in [2.75, 3.05) is 11.4 Å². The second kappa shape index (κ2) is 12.7. The number of ketones is 2. The van der Waals surface area contributed by atoms with Crippen LogP contribution in [0.3, 0.4) is 0 Å². The van der Waals surface area contributed by atoms with Crippen LogP contribution in [-0.4, -0.2) is 33.8 Å². The average Bonchev–Trinajstić information content (AvgIpc) is 3.24. The number of carbonyl (C=O) groups is 3. The van der Waals surface area contributed by atoms with Gasteiger partial charge in [0.1, 0.15) is 17.4 Å². The molecule has 4 aromatic rings. The fourth-order valence-corrected chi connectivity index (χ4v) is 5.33. The SMILES string of the molecule is CC(=O)CN1C(=O)[C@@H](CC(=O)c2cccc(C)c2)[C@@H](c2ccc(F)cc2)c2c(C)nn(-c3ccccc3)c21.S.S. The standard InChI is InChI=1S/C31H28FN3O3.2H2S/c1-19-8-7-9-23(16-19)27(37)17-26-29(22-12-14-24(32)15-13-22)28-21(3)33-35(25-10-5-4-6-11-25)30(28)34(31(26)38)18-20(2)36;;/h4-16,26,29H,17-18H2,1-3H3;2*1H2/t26-,29+;;/m0../s1. The number of rotatable bonds is 7. The number of amides is 1. The second-order valence-corrected chi connectivity index (χ2v) is 9.83. The summed E-state index contributed by atoms with van der Waals surface area (Å²) < 4.78 is 15.6. The van der Waals surface area contributed by atoms with Gasteiger partial charge in [0, 0.05) is 23.5 Å². The van der Waals surface area contributed by atoms with Crippen LogP contribution in [0.5, 0.6) is 0 Å². The Balaban J connectivity index is 0.00000220. The van der Waals surface area contributed by atoms with Crippen molar-refractivity contribution in [2.24, 2.45) is 5.92 Å². The summed E-state index contributed by atoms with van der Waals surface area (Å²) in [4.78, 5) is 41.5. The van der Waals surface area contributed by atoms with E-state index in [-0.39, 0.29) is 57.4 Å². The number of halogens is 1. The molecule has 9 heteroatoms.